The third-order valence-electron chi connectivity index (χ3n) is 5.12. The lowest BCUT2D eigenvalue weighted by molar-refractivity contribution is -0.118. The van der Waals surface area contributed by atoms with Gasteiger partial charge in [-0.15, -0.1) is 0 Å². The van der Waals surface area contributed by atoms with Crippen molar-refractivity contribution in [1.82, 2.24) is 5.32 Å². The molecular weight excluding hydrogens is 349 g/mol. The van der Waals surface area contributed by atoms with Crippen LogP contribution in [0, 0.1) is 0 Å². The maximum Gasteiger partial charge on any atom is 0.492 e. The van der Waals surface area contributed by atoms with E-state index in [0.717, 1.165) is 0 Å². The van der Waals surface area contributed by atoms with E-state index in [1.165, 1.54) is 6.92 Å². The van der Waals surface area contributed by atoms with Crippen LogP contribution >= 0.6 is 0 Å². The Morgan fingerprint density at radius 2 is 1.67 bits per heavy atom. The van der Waals surface area contributed by atoms with Crippen molar-refractivity contribution >= 4 is 31.0 Å². The molecule has 0 spiro atoms. The summed E-state index contributed by atoms with van der Waals surface area (Å²) >= 11 is 0. The molecule has 2 aliphatic heterocycles. The standard InChI is InChI=1S/C19H22BNO6/c1-11(22)21-10-13(20-26-18(2,3)19(4,5)27-20)8-12-6-7-14-15(9-12)17(24)25-16(14)23/h6-9H,10H2,1-5H3,(H,21,22). The van der Waals surface area contributed by atoms with Crippen LogP contribution in [0.15, 0.2) is 23.7 Å². The maximum atomic E-state index is 11.8. The van der Waals surface area contributed by atoms with Gasteiger partial charge in [0.2, 0.25) is 5.91 Å². The molecule has 2 aliphatic rings. The van der Waals surface area contributed by atoms with Crippen molar-refractivity contribution in [2.75, 3.05) is 6.54 Å². The molecule has 8 heteroatoms. The minimum absolute atomic E-state index is 0.180. The number of esters is 2. The minimum Gasteiger partial charge on any atom is -0.400 e. The summed E-state index contributed by atoms with van der Waals surface area (Å²) in [5.41, 5.74) is 0.789. The fraction of sp³-hybridized carbons (Fsp3) is 0.421. The molecule has 2 heterocycles. The van der Waals surface area contributed by atoms with E-state index in [1.54, 1.807) is 24.3 Å². The Morgan fingerprint density at radius 3 is 2.26 bits per heavy atom. The molecule has 1 aromatic rings. The topological polar surface area (TPSA) is 90.9 Å². The van der Waals surface area contributed by atoms with Crippen LogP contribution < -0.4 is 5.32 Å². The molecule has 27 heavy (non-hydrogen) atoms. The van der Waals surface area contributed by atoms with Crippen LogP contribution in [0.3, 0.4) is 0 Å². The third kappa shape index (κ3) is 3.68. The summed E-state index contributed by atoms with van der Waals surface area (Å²) in [6, 6.07) is 4.84. The number of nitrogens with one attached hydrogen (secondary N) is 1. The Balaban J connectivity index is 1.94. The lowest BCUT2D eigenvalue weighted by Crippen LogP contribution is -2.41. The SMILES string of the molecule is CC(=O)NCC(=Cc1ccc2c(c1)C(=O)OC2=O)B1OC(C)(C)C(C)(C)O1. The second kappa shape index (κ2) is 6.62. The van der Waals surface area contributed by atoms with E-state index in [4.69, 9.17) is 9.31 Å². The van der Waals surface area contributed by atoms with Crippen molar-refractivity contribution in [3.05, 3.63) is 40.4 Å². The van der Waals surface area contributed by atoms with Gasteiger partial charge in [0, 0.05) is 13.5 Å². The fourth-order valence-corrected chi connectivity index (χ4v) is 2.83. The monoisotopic (exact) mass is 371 g/mol. The van der Waals surface area contributed by atoms with Crippen LogP contribution in [0.4, 0.5) is 0 Å². The van der Waals surface area contributed by atoms with E-state index in [0.29, 0.717) is 11.0 Å². The van der Waals surface area contributed by atoms with Gasteiger partial charge in [0.05, 0.1) is 22.3 Å². The van der Waals surface area contributed by atoms with Crippen molar-refractivity contribution in [2.45, 2.75) is 45.8 Å². The van der Waals surface area contributed by atoms with Crippen LogP contribution in [0.25, 0.3) is 6.08 Å². The summed E-state index contributed by atoms with van der Waals surface area (Å²) < 4.78 is 16.8. The van der Waals surface area contributed by atoms with Crippen LogP contribution in [0.5, 0.6) is 0 Å². The highest BCUT2D eigenvalue weighted by Gasteiger charge is 2.52. The lowest BCUT2D eigenvalue weighted by atomic mass is 9.76. The highest BCUT2D eigenvalue weighted by molar-refractivity contribution is 6.56. The number of cyclic esters (lactones) is 2. The van der Waals surface area contributed by atoms with Gasteiger partial charge in [0.1, 0.15) is 0 Å². The van der Waals surface area contributed by atoms with Gasteiger partial charge in [-0.05, 0) is 50.9 Å². The molecule has 142 valence electrons. The maximum absolute atomic E-state index is 11.8. The predicted octanol–water partition coefficient (Wildman–Crippen LogP) is 2.15. The molecule has 7 nitrogen and oxygen atoms in total. The molecule has 0 bridgehead atoms. The van der Waals surface area contributed by atoms with Gasteiger partial charge < -0.3 is 19.4 Å². The average molecular weight is 371 g/mol. The first-order valence-corrected chi connectivity index (χ1v) is 8.71. The normalized spacial score (nSPS) is 20.5. The summed E-state index contributed by atoms with van der Waals surface area (Å²) in [4.78, 5) is 34.8. The zero-order valence-corrected chi connectivity index (χ0v) is 16.0. The Hall–Kier alpha value is -2.45. The molecule has 3 rings (SSSR count). The number of benzene rings is 1. The number of amides is 1. The molecule has 1 aromatic carbocycles. The quantitative estimate of drug-likeness (QED) is 0.496. The van der Waals surface area contributed by atoms with Gasteiger partial charge in [-0.2, -0.15) is 0 Å². The van der Waals surface area contributed by atoms with Gasteiger partial charge in [-0.1, -0.05) is 12.1 Å². The Kier molecular flexibility index (Phi) is 4.73. The van der Waals surface area contributed by atoms with E-state index in [9.17, 15) is 14.4 Å². The van der Waals surface area contributed by atoms with E-state index in [-0.39, 0.29) is 23.6 Å². The second-order valence-electron chi connectivity index (χ2n) is 7.70. The van der Waals surface area contributed by atoms with Crippen LogP contribution in [0.1, 0.15) is 60.9 Å². The molecule has 0 unspecified atom stereocenters. The highest BCUT2D eigenvalue weighted by atomic mass is 16.7. The first-order chi connectivity index (χ1) is 12.5. The Morgan fingerprint density at radius 1 is 1.07 bits per heavy atom. The van der Waals surface area contributed by atoms with E-state index >= 15 is 0 Å². The summed E-state index contributed by atoms with van der Waals surface area (Å²) in [7, 11) is -0.649. The van der Waals surface area contributed by atoms with Crippen molar-refractivity contribution in [1.29, 1.82) is 0 Å². The predicted molar refractivity (Wildman–Crippen MR) is 98.9 cm³/mol. The number of carbonyl (C=O) groups excluding carboxylic acids is 3. The average Bonchev–Trinajstić information content (AvgIpc) is 2.95. The number of hydrogen-bond acceptors (Lipinski definition) is 6. The smallest absolute Gasteiger partial charge is 0.400 e. The van der Waals surface area contributed by atoms with Crippen LogP contribution in [0.2, 0.25) is 0 Å². The summed E-state index contributed by atoms with van der Waals surface area (Å²) in [6.07, 6.45) is 1.79. The number of carbonyl (C=O) groups is 3. The molecule has 1 N–H and O–H groups in total. The summed E-state index contributed by atoms with van der Waals surface area (Å²) in [6.45, 7) is 9.44. The van der Waals surface area contributed by atoms with E-state index < -0.39 is 30.3 Å². The zero-order chi connectivity index (χ0) is 20.0. The van der Waals surface area contributed by atoms with Crippen molar-refractivity contribution in [3.8, 4) is 0 Å². The van der Waals surface area contributed by atoms with Crippen molar-refractivity contribution < 1.29 is 28.4 Å². The minimum atomic E-state index is -0.663. The number of ether oxygens (including phenoxy) is 1. The number of rotatable bonds is 4. The highest BCUT2D eigenvalue weighted by Crippen LogP contribution is 2.38. The summed E-state index contributed by atoms with van der Waals surface area (Å²) in [5, 5.41) is 2.75. The molecule has 0 aromatic heterocycles. The molecule has 0 aliphatic carbocycles. The van der Waals surface area contributed by atoms with Gasteiger partial charge >= 0.3 is 19.1 Å². The molecular formula is C19H22BNO6. The van der Waals surface area contributed by atoms with Crippen LogP contribution in [-0.2, 0) is 18.8 Å². The molecule has 0 atom stereocenters. The molecule has 0 saturated carbocycles. The molecule has 0 radical (unpaired) electrons. The first-order valence-electron chi connectivity index (χ1n) is 8.71. The number of hydrogen-bond donors (Lipinski definition) is 1. The van der Waals surface area contributed by atoms with Gasteiger partial charge in [-0.3, -0.25) is 4.79 Å². The first kappa shape index (κ1) is 19.3. The third-order valence-corrected chi connectivity index (χ3v) is 5.12. The summed E-state index contributed by atoms with van der Waals surface area (Å²) in [5.74, 6) is -1.49. The van der Waals surface area contributed by atoms with Crippen molar-refractivity contribution in [2.24, 2.45) is 0 Å². The molecule has 1 saturated heterocycles. The molecule has 1 fully saturated rings. The fourth-order valence-electron chi connectivity index (χ4n) is 2.83. The van der Waals surface area contributed by atoms with Gasteiger partial charge in [-0.25, -0.2) is 9.59 Å². The van der Waals surface area contributed by atoms with E-state index in [1.807, 2.05) is 27.7 Å². The van der Waals surface area contributed by atoms with Gasteiger partial charge in [0.15, 0.2) is 0 Å². The Labute approximate surface area is 158 Å². The van der Waals surface area contributed by atoms with Crippen molar-refractivity contribution in [3.63, 3.8) is 0 Å². The van der Waals surface area contributed by atoms with E-state index in [2.05, 4.69) is 10.1 Å². The second-order valence-corrected chi connectivity index (χ2v) is 7.70. The Bertz CT molecular complexity index is 842. The number of fused-ring (bicyclic) bond motifs is 1. The largest absolute Gasteiger partial charge is 0.492 e. The zero-order valence-electron chi connectivity index (χ0n) is 16.0. The van der Waals surface area contributed by atoms with Gasteiger partial charge in [0.25, 0.3) is 0 Å². The molecule has 1 amide bonds. The van der Waals surface area contributed by atoms with Crippen LogP contribution in [-0.4, -0.2) is 42.7 Å². The lowest BCUT2D eigenvalue weighted by Gasteiger charge is -2.32.